The van der Waals surface area contributed by atoms with Crippen molar-refractivity contribution in [2.75, 3.05) is 36.8 Å². The summed E-state index contributed by atoms with van der Waals surface area (Å²) in [6, 6.07) is 27.7. The predicted octanol–water partition coefficient (Wildman–Crippen LogP) is 5.37. The van der Waals surface area contributed by atoms with Crippen molar-refractivity contribution >= 4 is 34.4 Å². The number of hydrogen-bond donors (Lipinski definition) is 1. The Bertz CT molecular complexity index is 2010. The van der Waals surface area contributed by atoms with Crippen molar-refractivity contribution < 1.29 is 0 Å². The molecule has 5 heterocycles. The van der Waals surface area contributed by atoms with Gasteiger partial charge in [-0.3, -0.25) is 9.47 Å². The molecule has 0 bridgehead atoms. The van der Waals surface area contributed by atoms with Crippen molar-refractivity contribution in [2.24, 2.45) is 0 Å². The lowest BCUT2D eigenvalue weighted by Crippen LogP contribution is -2.46. The van der Waals surface area contributed by atoms with Crippen molar-refractivity contribution in [3.8, 4) is 34.4 Å². The Balaban J connectivity index is 1.17. The van der Waals surface area contributed by atoms with Crippen LogP contribution in [0, 0.1) is 11.3 Å². The Morgan fingerprint density at radius 1 is 0.864 bits per heavy atom. The molecular weight excluding hydrogens is 572 g/mol. The van der Waals surface area contributed by atoms with Crippen molar-refractivity contribution in [2.45, 2.75) is 6.54 Å². The first-order valence-corrected chi connectivity index (χ1v) is 14.6. The van der Waals surface area contributed by atoms with Crippen molar-refractivity contribution in [3.05, 3.63) is 108 Å². The van der Waals surface area contributed by atoms with Gasteiger partial charge in [0.1, 0.15) is 35.2 Å². The Labute approximate surface area is 259 Å². The Kier molecular flexibility index (Phi) is 7.32. The highest BCUT2D eigenvalue weighted by Gasteiger charge is 2.21. The molecule has 0 spiro atoms. The van der Waals surface area contributed by atoms with Crippen LogP contribution in [0.25, 0.3) is 39.5 Å². The molecule has 4 aromatic heterocycles. The second kappa shape index (κ2) is 11.7. The van der Waals surface area contributed by atoms with E-state index in [4.69, 9.17) is 32.6 Å². The zero-order chi connectivity index (χ0) is 30.0. The largest absolute Gasteiger partial charge is 0.383 e. The zero-order valence-electron chi connectivity index (χ0n) is 23.7. The van der Waals surface area contributed by atoms with Gasteiger partial charge in [-0.05, 0) is 54.1 Å². The predicted molar refractivity (Wildman–Crippen MR) is 171 cm³/mol. The minimum absolute atomic E-state index is 0.383. The van der Waals surface area contributed by atoms with Gasteiger partial charge >= 0.3 is 0 Å². The molecule has 6 aromatic rings. The first-order chi connectivity index (χ1) is 21.6. The number of benzene rings is 2. The summed E-state index contributed by atoms with van der Waals surface area (Å²) in [6.07, 6.45) is 3.13. The first kappa shape index (κ1) is 27.5. The minimum atomic E-state index is 0.383. The molecule has 0 saturated carbocycles. The normalized spacial score (nSPS) is 13.7. The van der Waals surface area contributed by atoms with Crippen LogP contribution in [0.4, 0.5) is 11.6 Å². The van der Waals surface area contributed by atoms with Crippen LogP contribution < -0.4 is 10.6 Å². The van der Waals surface area contributed by atoms with E-state index in [1.54, 1.807) is 12.3 Å². The van der Waals surface area contributed by atoms with Gasteiger partial charge in [-0.1, -0.05) is 35.9 Å². The number of nitriles is 1. The lowest BCUT2D eigenvalue weighted by molar-refractivity contribution is 0.249. The maximum atomic E-state index is 9.16. The molecule has 2 N–H and O–H groups in total. The number of halogens is 1. The number of anilines is 2. The molecule has 0 radical (unpaired) electrons. The number of hydrogen-bond acceptors (Lipinski definition) is 9. The van der Waals surface area contributed by atoms with Gasteiger partial charge in [0.25, 0.3) is 0 Å². The summed E-state index contributed by atoms with van der Waals surface area (Å²) in [6.45, 7) is 4.27. The number of nitrogens with zero attached hydrogens (tertiary/aromatic N) is 9. The van der Waals surface area contributed by atoms with Crippen LogP contribution in [0.3, 0.4) is 0 Å². The van der Waals surface area contributed by atoms with Crippen molar-refractivity contribution in [1.29, 1.82) is 5.26 Å². The second-order valence-electron chi connectivity index (χ2n) is 10.6. The number of nitrogen functional groups attached to an aromatic ring is 1. The number of fused-ring (bicyclic) bond motifs is 1. The van der Waals surface area contributed by atoms with Gasteiger partial charge in [0.05, 0.1) is 11.3 Å². The molecule has 1 fully saturated rings. The fourth-order valence-corrected chi connectivity index (χ4v) is 5.71. The SMILES string of the molecule is N#Cc1cc(N2CCN(Cc3ccc(-n4c(-c5cccnc5N)nc5ccc(-c6cccc(Cl)c6)nc54)cc3)CC2)ncn1. The topological polar surface area (TPSA) is 126 Å². The van der Waals surface area contributed by atoms with E-state index < -0.39 is 0 Å². The van der Waals surface area contributed by atoms with Crippen LogP contribution in [0.5, 0.6) is 0 Å². The molecule has 1 aliphatic rings. The van der Waals surface area contributed by atoms with Crippen molar-refractivity contribution in [3.63, 3.8) is 0 Å². The summed E-state index contributed by atoms with van der Waals surface area (Å²) in [5.74, 6) is 1.88. The number of rotatable bonds is 6. The van der Waals surface area contributed by atoms with Gasteiger partial charge < -0.3 is 10.6 Å². The average Bonchev–Trinajstić information content (AvgIpc) is 3.44. The monoisotopic (exact) mass is 598 g/mol. The number of imidazole rings is 1. The fraction of sp³-hybridized carbons (Fsp3) is 0.152. The molecule has 10 nitrogen and oxygen atoms in total. The lowest BCUT2D eigenvalue weighted by atomic mass is 10.1. The highest BCUT2D eigenvalue weighted by Crippen LogP contribution is 2.32. The van der Waals surface area contributed by atoms with E-state index in [2.05, 4.69) is 55.1 Å². The third kappa shape index (κ3) is 5.42. The molecule has 0 unspecified atom stereocenters. The number of nitrogens with two attached hydrogens (primary N) is 1. The van der Waals surface area contributed by atoms with Gasteiger partial charge in [-0.25, -0.2) is 24.9 Å². The molecule has 7 rings (SSSR count). The third-order valence-corrected chi connectivity index (χ3v) is 8.00. The molecule has 1 aliphatic heterocycles. The molecule has 1 saturated heterocycles. The summed E-state index contributed by atoms with van der Waals surface area (Å²) in [5, 5.41) is 9.82. The molecule has 0 amide bonds. The summed E-state index contributed by atoms with van der Waals surface area (Å²) in [4.78, 5) is 27.2. The molecule has 2 aromatic carbocycles. The van der Waals surface area contributed by atoms with Crippen LogP contribution in [0.1, 0.15) is 11.3 Å². The molecule has 11 heteroatoms. The summed E-state index contributed by atoms with van der Waals surface area (Å²) < 4.78 is 2.04. The number of piperazine rings is 1. The second-order valence-corrected chi connectivity index (χ2v) is 11.0. The van der Waals surface area contributed by atoms with Gasteiger partial charge in [0.15, 0.2) is 11.5 Å². The average molecular weight is 599 g/mol. The maximum Gasteiger partial charge on any atom is 0.165 e. The Hall–Kier alpha value is -5.37. The smallest absolute Gasteiger partial charge is 0.165 e. The number of pyridine rings is 2. The van der Waals surface area contributed by atoms with E-state index in [0.29, 0.717) is 28.0 Å². The highest BCUT2D eigenvalue weighted by molar-refractivity contribution is 6.30. The van der Waals surface area contributed by atoms with Gasteiger partial charge in [0, 0.05) is 61.3 Å². The fourth-order valence-electron chi connectivity index (χ4n) is 5.52. The van der Waals surface area contributed by atoms with E-state index in [9.17, 15) is 0 Å². The van der Waals surface area contributed by atoms with Crippen LogP contribution in [0.2, 0.25) is 5.02 Å². The lowest BCUT2D eigenvalue weighted by Gasteiger charge is -2.35. The van der Waals surface area contributed by atoms with E-state index in [-0.39, 0.29) is 0 Å². The summed E-state index contributed by atoms with van der Waals surface area (Å²) >= 11 is 6.29. The van der Waals surface area contributed by atoms with Crippen LogP contribution in [-0.4, -0.2) is 60.6 Å². The molecule has 216 valence electrons. The third-order valence-electron chi connectivity index (χ3n) is 7.77. The zero-order valence-corrected chi connectivity index (χ0v) is 24.4. The minimum Gasteiger partial charge on any atom is -0.383 e. The quantitative estimate of drug-likeness (QED) is 0.269. The van der Waals surface area contributed by atoms with Gasteiger partial charge in [-0.15, -0.1) is 0 Å². The molecule has 44 heavy (non-hydrogen) atoms. The number of aromatic nitrogens is 6. The maximum absolute atomic E-state index is 9.16. The highest BCUT2D eigenvalue weighted by atomic mass is 35.5. The van der Waals surface area contributed by atoms with E-state index >= 15 is 0 Å². The van der Waals surface area contributed by atoms with Gasteiger partial charge in [-0.2, -0.15) is 5.26 Å². The first-order valence-electron chi connectivity index (χ1n) is 14.2. The summed E-state index contributed by atoms with van der Waals surface area (Å²) in [5.41, 5.74) is 12.8. The van der Waals surface area contributed by atoms with E-state index in [1.165, 1.54) is 11.9 Å². The van der Waals surface area contributed by atoms with Crippen LogP contribution >= 0.6 is 11.6 Å². The van der Waals surface area contributed by atoms with E-state index in [1.807, 2.05) is 53.1 Å². The molecule has 0 aliphatic carbocycles. The van der Waals surface area contributed by atoms with Crippen LogP contribution in [-0.2, 0) is 6.54 Å². The van der Waals surface area contributed by atoms with Crippen LogP contribution in [0.15, 0.2) is 91.4 Å². The molecular formula is C33H27ClN10. The Morgan fingerprint density at radius 3 is 2.48 bits per heavy atom. The molecule has 0 atom stereocenters. The van der Waals surface area contributed by atoms with E-state index in [0.717, 1.165) is 66.6 Å². The summed E-state index contributed by atoms with van der Waals surface area (Å²) in [7, 11) is 0. The standard InChI is InChI=1S/C33H27ClN10/c34-24-4-1-3-23(17-24)28-10-11-29-33(40-28)44(32(41-29)27-5-2-12-37-31(27)36)26-8-6-22(7-9-26)20-42-13-15-43(16-14-42)30-18-25(19-35)38-21-39-30/h1-12,17-18,21H,13-16,20H2,(H2,36,37). The Morgan fingerprint density at radius 2 is 1.70 bits per heavy atom. The van der Waals surface area contributed by atoms with Crippen molar-refractivity contribution in [1.82, 2.24) is 34.4 Å². The van der Waals surface area contributed by atoms with Gasteiger partial charge in [0.2, 0.25) is 0 Å².